The van der Waals surface area contributed by atoms with Crippen LogP contribution in [0.1, 0.15) is 51.4 Å². The van der Waals surface area contributed by atoms with E-state index in [0.717, 1.165) is 12.3 Å². The summed E-state index contributed by atoms with van der Waals surface area (Å²) in [5.74, 6) is 0.933. The second-order valence-corrected chi connectivity index (χ2v) is 5.89. The monoisotopic (exact) mass is 237 g/mol. The first-order valence-electron chi connectivity index (χ1n) is 6.46. The molecule has 0 saturated heterocycles. The van der Waals surface area contributed by atoms with E-state index >= 15 is 0 Å². The van der Waals surface area contributed by atoms with Gasteiger partial charge >= 0.3 is 0 Å². The molecule has 1 aromatic heterocycles. The van der Waals surface area contributed by atoms with Crippen LogP contribution in [0.5, 0.6) is 0 Å². The molecule has 17 heavy (non-hydrogen) atoms. The van der Waals surface area contributed by atoms with Crippen molar-refractivity contribution in [2.24, 2.45) is 0 Å². The lowest BCUT2D eigenvalue weighted by Gasteiger charge is -2.24. The van der Waals surface area contributed by atoms with Gasteiger partial charge in [0.15, 0.2) is 0 Å². The smallest absolute Gasteiger partial charge is 0.129 e. The molecule has 1 heterocycles. The highest BCUT2D eigenvalue weighted by molar-refractivity contribution is 5.12. The van der Waals surface area contributed by atoms with E-state index in [9.17, 15) is 0 Å². The Morgan fingerprint density at radius 2 is 2.18 bits per heavy atom. The van der Waals surface area contributed by atoms with Gasteiger partial charge in [0, 0.05) is 17.6 Å². The Morgan fingerprint density at radius 3 is 2.76 bits per heavy atom. The Labute approximate surface area is 104 Å². The molecule has 1 aromatic rings. The van der Waals surface area contributed by atoms with Gasteiger partial charge in [-0.3, -0.25) is 0 Å². The fraction of sp³-hybridized carbons (Fsp3) is 0.714. The maximum absolute atomic E-state index is 5.71. The third-order valence-corrected chi connectivity index (χ3v) is 3.04. The number of furan rings is 1. The zero-order chi connectivity index (χ0) is 12.3. The first-order valence-corrected chi connectivity index (χ1v) is 6.46. The largest absolute Gasteiger partial charge is 0.467 e. The van der Waals surface area contributed by atoms with E-state index in [0.29, 0.717) is 12.7 Å². The van der Waals surface area contributed by atoms with Crippen LogP contribution in [-0.4, -0.2) is 11.6 Å². The number of rotatable bonds is 5. The molecule has 96 valence electrons. The Kier molecular flexibility index (Phi) is 3.89. The zero-order valence-corrected chi connectivity index (χ0v) is 11.1. The van der Waals surface area contributed by atoms with Gasteiger partial charge in [-0.1, -0.05) is 0 Å². The van der Waals surface area contributed by atoms with E-state index in [2.05, 4.69) is 32.2 Å². The molecule has 3 heteroatoms. The van der Waals surface area contributed by atoms with Crippen molar-refractivity contribution >= 4 is 0 Å². The van der Waals surface area contributed by atoms with Crippen molar-refractivity contribution in [2.45, 2.75) is 64.8 Å². The lowest BCUT2D eigenvalue weighted by atomic mass is 9.96. The van der Waals surface area contributed by atoms with Gasteiger partial charge in [0.05, 0.1) is 12.4 Å². The van der Waals surface area contributed by atoms with E-state index < -0.39 is 0 Å². The lowest BCUT2D eigenvalue weighted by molar-refractivity contribution is -0.0157. The molecular weight excluding hydrogens is 214 g/mol. The lowest BCUT2D eigenvalue weighted by Crippen LogP contribution is -2.34. The molecule has 0 spiro atoms. The second kappa shape index (κ2) is 5.23. The molecule has 0 radical (unpaired) electrons. The minimum atomic E-state index is 0.139. The van der Waals surface area contributed by atoms with Crippen molar-refractivity contribution in [1.82, 2.24) is 5.32 Å². The third kappa shape index (κ3) is 4.17. The predicted octanol–water partition coefficient (Wildman–Crippen LogP) is 3.24. The summed E-state index contributed by atoms with van der Waals surface area (Å²) in [6.07, 6.45) is 6.01. The second-order valence-electron chi connectivity index (χ2n) is 5.89. The van der Waals surface area contributed by atoms with Gasteiger partial charge in [0.1, 0.15) is 12.4 Å². The maximum Gasteiger partial charge on any atom is 0.129 e. The number of hydrogen-bond donors (Lipinski definition) is 1. The number of ether oxygens (including phenoxy) is 1. The quantitative estimate of drug-likeness (QED) is 0.853. The van der Waals surface area contributed by atoms with Gasteiger partial charge in [-0.2, -0.15) is 0 Å². The van der Waals surface area contributed by atoms with Gasteiger partial charge in [-0.25, -0.2) is 0 Å². The van der Waals surface area contributed by atoms with Crippen LogP contribution in [-0.2, 0) is 17.9 Å². The third-order valence-electron chi connectivity index (χ3n) is 3.04. The molecule has 1 aliphatic carbocycles. The van der Waals surface area contributed by atoms with Crippen LogP contribution in [0.15, 0.2) is 16.7 Å². The molecule has 1 N–H and O–H groups in total. The van der Waals surface area contributed by atoms with Gasteiger partial charge < -0.3 is 14.5 Å². The van der Waals surface area contributed by atoms with Crippen LogP contribution in [0.2, 0.25) is 0 Å². The Balaban J connectivity index is 1.74. The van der Waals surface area contributed by atoms with Crippen LogP contribution in [0.3, 0.4) is 0 Å². The highest BCUT2D eigenvalue weighted by Crippen LogP contribution is 2.23. The summed E-state index contributed by atoms with van der Waals surface area (Å²) in [6.45, 7) is 7.94. The van der Waals surface area contributed by atoms with Crippen molar-refractivity contribution < 1.29 is 9.15 Å². The van der Waals surface area contributed by atoms with Crippen molar-refractivity contribution in [2.75, 3.05) is 0 Å². The summed E-state index contributed by atoms with van der Waals surface area (Å²) < 4.78 is 11.2. The van der Waals surface area contributed by atoms with E-state index in [1.54, 1.807) is 0 Å². The average Bonchev–Trinajstić information content (AvgIpc) is 2.59. The first-order chi connectivity index (χ1) is 8.03. The maximum atomic E-state index is 5.71. The fourth-order valence-corrected chi connectivity index (χ4v) is 1.70. The normalized spacial score (nSPS) is 17.1. The molecule has 2 rings (SSSR count). The highest BCUT2D eigenvalue weighted by atomic mass is 16.5. The van der Waals surface area contributed by atoms with Crippen LogP contribution >= 0.6 is 0 Å². The highest BCUT2D eigenvalue weighted by Gasteiger charge is 2.18. The van der Waals surface area contributed by atoms with Crippen LogP contribution < -0.4 is 5.32 Å². The molecule has 1 aliphatic rings. The van der Waals surface area contributed by atoms with Crippen LogP contribution in [0, 0.1) is 0 Å². The molecule has 1 saturated carbocycles. The number of hydrogen-bond acceptors (Lipinski definition) is 3. The SMILES string of the molecule is CC(C)(C)NCc1coc(COC2CCC2)c1. The summed E-state index contributed by atoms with van der Waals surface area (Å²) in [7, 11) is 0. The van der Waals surface area contributed by atoms with Crippen molar-refractivity contribution in [3.63, 3.8) is 0 Å². The molecule has 0 unspecified atom stereocenters. The summed E-state index contributed by atoms with van der Waals surface area (Å²) in [5.41, 5.74) is 1.33. The molecule has 0 bridgehead atoms. The molecule has 0 atom stereocenters. The minimum Gasteiger partial charge on any atom is -0.467 e. The summed E-state index contributed by atoms with van der Waals surface area (Å²) in [4.78, 5) is 0. The fourth-order valence-electron chi connectivity index (χ4n) is 1.70. The molecule has 0 aromatic carbocycles. The van der Waals surface area contributed by atoms with Crippen molar-refractivity contribution in [3.8, 4) is 0 Å². The molecule has 3 nitrogen and oxygen atoms in total. The molecular formula is C14H23NO2. The van der Waals surface area contributed by atoms with Crippen molar-refractivity contribution in [3.05, 3.63) is 23.7 Å². The van der Waals surface area contributed by atoms with Crippen LogP contribution in [0.25, 0.3) is 0 Å². The topological polar surface area (TPSA) is 34.4 Å². The molecule has 0 aliphatic heterocycles. The van der Waals surface area contributed by atoms with Gasteiger partial charge in [0.25, 0.3) is 0 Å². The summed E-state index contributed by atoms with van der Waals surface area (Å²) in [6, 6.07) is 2.08. The van der Waals surface area contributed by atoms with E-state index in [4.69, 9.17) is 9.15 Å². The Hall–Kier alpha value is -0.800. The van der Waals surface area contributed by atoms with Gasteiger partial charge in [0.2, 0.25) is 0 Å². The van der Waals surface area contributed by atoms with E-state index in [1.165, 1.54) is 24.8 Å². The van der Waals surface area contributed by atoms with Gasteiger partial charge in [-0.15, -0.1) is 0 Å². The Morgan fingerprint density at radius 1 is 1.41 bits per heavy atom. The van der Waals surface area contributed by atoms with Crippen LogP contribution in [0.4, 0.5) is 0 Å². The van der Waals surface area contributed by atoms with Crippen molar-refractivity contribution in [1.29, 1.82) is 0 Å². The molecule has 1 fully saturated rings. The van der Waals surface area contributed by atoms with Gasteiger partial charge in [-0.05, 0) is 46.1 Å². The number of nitrogens with one attached hydrogen (secondary N) is 1. The predicted molar refractivity (Wildman–Crippen MR) is 67.7 cm³/mol. The van der Waals surface area contributed by atoms with E-state index in [-0.39, 0.29) is 5.54 Å². The summed E-state index contributed by atoms with van der Waals surface area (Å²) in [5, 5.41) is 3.44. The zero-order valence-electron chi connectivity index (χ0n) is 11.1. The van der Waals surface area contributed by atoms with E-state index in [1.807, 2.05) is 6.26 Å². The standard InChI is InChI=1S/C14H23NO2/c1-14(2,3)15-8-11-7-13(16-9-11)10-17-12-5-4-6-12/h7,9,12,15H,4-6,8,10H2,1-3H3. The molecule has 0 amide bonds. The summed E-state index contributed by atoms with van der Waals surface area (Å²) >= 11 is 0. The minimum absolute atomic E-state index is 0.139. The average molecular weight is 237 g/mol. The Bertz CT molecular complexity index is 347. The first kappa shape index (κ1) is 12.7.